The number of ether oxygens (including phenoxy) is 2. The topological polar surface area (TPSA) is 119 Å². The quantitative estimate of drug-likeness (QED) is 0.592. The van der Waals surface area contributed by atoms with E-state index in [4.69, 9.17) is 9.47 Å². The first-order chi connectivity index (χ1) is 13.5. The molecule has 29 heavy (non-hydrogen) atoms. The van der Waals surface area contributed by atoms with E-state index in [1.165, 1.54) is 6.07 Å². The van der Waals surface area contributed by atoms with E-state index in [0.29, 0.717) is 5.56 Å². The summed E-state index contributed by atoms with van der Waals surface area (Å²) in [5, 5.41) is 2.15. The van der Waals surface area contributed by atoms with Gasteiger partial charge in [0.05, 0.1) is 11.1 Å². The van der Waals surface area contributed by atoms with Crippen molar-refractivity contribution in [1.82, 2.24) is 10.2 Å². The lowest BCUT2D eigenvalue weighted by molar-refractivity contribution is -0.157. The molecular formula is C20H22N2O7. The molecule has 9 nitrogen and oxygen atoms in total. The number of aryl methyl sites for hydroxylation is 1. The Kier molecular flexibility index (Phi) is 5.16. The first-order valence-electron chi connectivity index (χ1n) is 9.19. The Morgan fingerprint density at radius 1 is 1.14 bits per heavy atom. The Labute approximate surface area is 167 Å². The average molecular weight is 402 g/mol. The summed E-state index contributed by atoms with van der Waals surface area (Å²) in [5.41, 5.74) is -0.0215. The van der Waals surface area contributed by atoms with E-state index >= 15 is 0 Å². The highest BCUT2D eigenvalue weighted by atomic mass is 16.6. The van der Waals surface area contributed by atoms with Crippen molar-refractivity contribution in [2.75, 3.05) is 6.61 Å². The van der Waals surface area contributed by atoms with Gasteiger partial charge in [0.25, 0.3) is 11.8 Å². The fourth-order valence-corrected chi connectivity index (χ4v) is 3.35. The maximum atomic E-state index is 13.0. The van der Waals surface area contributed by atoms with Crippen LogP contribution in [0.2, 0.25) is 0 Å². The van der Waals surface area contributed by atoms with Crippen LogP contribution in [0.1, 0.15) is 59.9 Å². The van der Waals surface area contributed by atoms with Gasteiger partial charge in [0, 0.05) is 6.42 Å². The van der Waals surface area contributed by atoms with E-state index in [1.807, 2.05) is 0 Å². The molecule has 0 aromatic heterocycles. The maximum Gasteiger partial charge on any atom is 0.344 e. The van der Waals surface area contributed by atoms with Gasteiger partial charge in [0.15, 0.2) is 6.61 Å². The zero-order valence-electron chi connectivity index (χ0n) is 16.7. The monoisotopic (exact) mass is 402 g/mol. The summed E-state index contributed by atoms with van der Waals surface area (Å²) >= 11 is 0. The summed E-state index contributed by atoms with van der Waals surface area (Å²) in [4.78, 5) is 62.3. The molecule has 1 saturated heterocycles. The van der Waals surface area contributed by atoms with Crippen molar-refractivity contribution in [2.45, 2.75) is 52.2 Å². The van der Waals surface area contributed by atoms with Crippen LogP contribution in [0.25, 0.3) is 0 Å². The Morgan fingerprint density at radius 2 is 1.79 bits per heavy atom. The van der Waals surface area contributed by atoms with Crippen LogP contribution in [0.4, 0.5) is 0 Å². The number of hydrogen-bond donors (Lipinski definition) is 1. The number of carbonyl (C=O) groups excluding carboxylic acids is 5. The highest BCUT2D eigenvalue weighted by molar-refractivity contribution is 6.25. The zero-order valence-corrected chi connectivity index (χ0v) is 16.7. The summed E-state index contributed by atoms with van der Waals surface area (Å²) in [6.07, 6.45) is 0.0913. The van der Waals surface area contributed by atoms with Crippen molar-refractivity contribution in [3.05, 3.63) is 28.8 Å². The third kappa shape index (κ3) is 3.98. The van der Waals surface area contributed by atoms with Crippen molar-refractivity contribution in [3.8, 4) is 5.75 Å². The second-order valence-corrected chi connectivity index (χ2v) is 7.95. The number of hydrogen-bond acceptors (Lipinski definition) is 7. The van der Waals surface area contributed by atoms with Gasteiger partial charge in [0.2, 0.25) is 11.8 Å². The molecule has 3 rings (SSSR count). The predicted molar refractivity (Wildman–Crippen MR) is 99.2 cm³/mol. The fraction of sp³-hybridized carbons (Fsp3) is 0.450. The summed E-state index contributed by atoms with van der Waals surface area (Å²) in [7, 11) is 0. The van der Waals surface area contributed by atoms with Gasteiger partial charge in [-0.2, -0.15) is 0 Å². The number of rotatable bonds is 4. The van der Waals surface area contributed by atoms with Gasteiger partial charge < -0.3 is 9.47 Å². The summed E-state index contributed by atoms with van der Waals surface area (Å²) in [6, 6.07) is 2.03. The molecule has 1 aromatic rings. The van der Waals surface area contributed by atoms with Gasteiger partial charge in [0.1, 0.15) is 17.4 Å². The minimum absolute atomic E-state index is 0.00302. The van der Waals surface area contributed by atoms with E-state index in [9.17, 15) is 24.0 Å². The maximum absolute atomic E-state index is 13.0. The molecule has 1 fully saturated rings. The number of amides is 4. The molecule has 2 aliphatic heterocycles. The van der Waals surface area contributed by atoms with Gasteiger partial charge in [-0.05, 0) is 45.7 Å². The average Bonchev–Trinajstić information content (AvgIpc) is 2.86. The lowest BCUT2D eigenvalue weighted by atomic mass is 10.0. The second kappa shape index (κ2) is 7.31. The molecule has 9 heteroatoms. The number of fused-ring (bicyclic) bond motifs is 1. The van der Waals surface area contributed by atoms with Crippen LogP contribution >= 0.6 is 0 Å². The number of imide groups is 2. The molecule has 4 amide bonds. The molecular weight excluding hydrogens is 380 g/mol. The van der Waals surface area contributed by atoms with Crippen molar-refractivity contribution in [2.24, 2.45) is 0 Å². The van der Waals surface area contributed by atoms with E-state index in [-0.39, 0.29) is 29.7 Å². The lowest BCUT2D eigenvalue weighted by Crippen LogP contribution is -2.54. The molecule has 0 saturated carbocycles. The minimum Gasteiger partial charge on any atom is -0.481 e. The third-order valence-corrected chi connectivity index (χ3v) is 4.53. The smallest absolute Gasteiger partial charge is 0.344 e. The van der Waals surface area contributed by atoms with Crippen LogP contribution in [0, 0.1) is 6.92 Å². The van der Waals surface area contributed by atoms with Crippen molar-refractivity contribution in [3.63, 3.8) is 0 Å². The largest absolute Gasteiger partial charge is 0.481 e. The molecule has 1 atom stereocenters. The SMILES string of the molecule is Cc1ccc(OCC(=O)OC(C)(C)C)c2c1C(=O)N(C1CCC(=O)NC1=O)C2=O. The molecule has 0 aliphatic carbocycles. The molecule has 1 N–H and O–H groups in total. The summed E-state index contributed by atoms with van der Waals surface area (Å²) < 4.78 is 10.7. The van der Waals surface area contributed by atoms with Crippen LogP contribution < -0.4 is 10.1 Å². The standard InChI is InChI=1S/C20H22N2O7/c1-10-5-7-12(28-9-14(24)29-20(2,3)4)16-15(10)18(26)22(19(16)27)11-6-8-13(23)21-17(11)25/h5,7,11H,6,8-9H2,1-4H3,(H,21,23,25). The number of carbonyl (C=O) groups is 5. The van der Waals surface area contributed by atoms with Crippen LogP contribution in [-0.4, -0.2) is 52.7 Å². The normalized spacial score (nSPS) is 19.2. The van der Waals surface area contributed by atoms with Crippen LogP contribution in [-0.2, 0) is 19.1 Å². The first-order valence-corrected chi connectivity index (χ1v) is 9.19. The van der Waals surface area contributed by atoms with E-state index in [2.05, 4.69) is 5.32 Å². The van der Waals surface area contributed by atoms with Gasteiger partial charge in [-0.1, -0.05) is 6.07 Å². The van der Waals surface area contributed by atoms with Crippen LogP contribution in [0.3, 0.4) is 0 Å². The van der Waals surface area contributed by atoms with E-state index < -0.39 is 47.8 Å². The van der Waals surface area contributed by atoms with Gasteiger partial charge >= 0.3 is 5.97 Å². The number of benzene rings is 1. The molecule has 154 valence electrons. The van der Waals surface area contributed by atoms with Crippen LogP contribution in [0.15, 0.2) is 12.1 Å². The molecule has 2 heterocycles. The Morgan fingerprint density at radius 3 is 2.41 bits per heavy atom. The van der Waals surface area contributed by atoms with Gasteiger partial charge in [-0.15, -0.1) is 0 Å². The van der Waals surface area contributed by atoms with E-state index in [0.717, 1.165) is 4.90 Å². The van der Waals surface area contributed by atoms with Crippen molar-refractivity contribution >= 4 is 29.6 Å². The number of nitrogens with one attached hydrogen (secondary N) is 1. The highest BCUT2D eigenvalue weighted by Crippen LogP contribution is 2.35. The van der Waals surface area contributed by atoms with Gasteiger partial charge in [-0.3, -0.25) is 29.4 Å². The van der Waals surface area contributed by atoms with Crippen LogP contribution in [0.5, 0.6) is 5.75 Å². The summed E-state index contributed by atoms with van der Waals surface area (Å²) in [5.74, 6) is -3.01. The third-order valence-electron chi connectivity index (χ3n) is 4.53. The Balaban J connectivity index is 1.87. The number of esters is 1. The molecule has 1 aromatic carbocycles. The molecule has 0 bridgehead atoms. The number of nitrogens with zero attached hydrogens (tertiary/aromatic N) is 1. The predicted octanol–water partition coefficient (Wildman–Crippen LogP) is 1.12. The van der Waals surface area contributed by atoms with Gasteiger partial charge in [-0.25, -0.2) is 4.79 Å². The molecule has 2 aliphatic rings. The Bertz CT molecular complexity index is 929. The minimum atomic E-state index is -1.07. The van der Waals surface area contributed by atoms with Crippen molar-refractivity contribution in [1.29, 1.82) is 0 Å². The first kappa shape index (κ1) is 20.5. The highest BCUT2D eigenvalue weighted by Gasteiger charge is 2.46. The van der Waals surface area contributed by atoms with E-state index in [1.54, 1.807) is 33.8 Å². The molecule has 0 radical (unpaired) electrons. The second-order valence-electron chi connectivity index (χ2n) is 7.95. The zero-order chi connectivity index (χ0) is 21.5. The molecule has 1 unspecified atom stereocenters. The lowest BCUT2D eigenvalue weighted by Gasteiger charge is -2.27. The fourth-order valence-electron chi connectivity index (χ4n) is 3.35. The summed E-state index contributed by atoms with van der Waals surface area (Å²) in [6.45, 7) is 6.37. The molecule has 0 spiro atoms. The van der Waals surface area contributed by atoms with Crippen molar-refractivity contribution < 1.29 is 33.4 Å². The number of piperidine rings is 1. The Hall–Kier alpha value is -3.23.